The monoisotopic (exact) mass is 228 g/mol. The summed E-state index contributed by atoms with van der Waals surface area (Å²) < 4.78 is 0. The first kappa shape index (κ1) is 12.0. The lowest BCUT2D eigenvalue weighted by molar-refractivity contribution is 0.539. The second kappa shape index (κ2) is 5.16. The van der Waals surface area contributed by atoms with Gasteiger partial charge in [0.05, 0.1) is 6.20 Å². The predicted octanol–water partition coefficient (Wildman–Crippen LogP) is 2.56. The number of anilines is 2. The summed E-state index contributed by atoms with van der Waals surface area (Å²) in [5.74, 6) is 1.47. The van der Waals surface area contributed by atoms with Crippen LogP contribution >= 0.6 is 11.6 Å². The average Bonchev–Trinajstić information content (AvgIpc) is 2.10. The first-order valence-electron chi connectivity index (χ1n) is 5.03. The first-order chi connectivity index (χ1) is 6.99. The van der Waals surface area contributed by atoms with Crippen LogP contribution in [0.25, 0.3) is 0 Å². The normalized spacial score (nSPS) is 12.9. The summed E-state index contributed by atoms with van der Waals surface area (Å²) in [6.07, 6.45) is 2.56. The third-order valence-electron chi connectivity index (χ3n) is 1.97. The SMILES string of the molecule is CC(C)CC(C)Nc1nc(N)ncc1Cl. The summed E-state index contributed by atoms with van der Waals surface area (Å²) in [5, 5.41) is 3.72. The van der Waals surface area contributed by atoms with Crippen molar-refractivity contribution in [1.82, 2.24) is 9.97 Å². The molecule has 15 heavy (non-hydrogen) atoms. The molecule has 3 N–H and O–H groups in total. The molecule has 4 nitrogen and oxygen atoms in total. The van der Waals surface area contributed by atoms with Crippen molar-refractivity contribution in [2.45, 2.75) is 33.2 Å². The van der Waals surface area contributed by atoms with E-state index in [0.29, 0.717) is 22.8 Å². The molecule has 1 atom stereocenters. The summed E-state index contributed by atoms with van der Waals surface area (Å²) in [4.78, 5) is 7.85. The molecule has 5 heteroatoms. The van der Waals surface area contributed by atoms with Crippen molar-refractivity contribution in [2.75, 3.05) is 11.1 Å². The molecule has 0 amide bonds. The fourth-order valence-electron chi connectivity index (χ4n) is 1.48. The van der Waals surface area contributed by atoms with Crippen LogP contribution in [0, 0.1) is 5.92 Å². The Morgan fingerprint density at radius 2 is 2.13 bits per heavy atom. The first-order valence-corrected chi connectivity index (χ1v) is 5.41. The van der Waals surface area contributed by atoms with Crippen LogP contribution in [0.15, 0.2) is 6.20 Å². The van der Waals surface area contributed by atoms with Gasteiger partial charge < -0.3 is 11.1 Å². The summed E-state index contributed by atoms with van der Waals surface area (Å²) >= 11 is 5.93. The van der Waals surface area contributed by atoms with Gasteiger partial charge in [-0.2, -0.15) is 4.98 Å². The lowest BCUT2D eigenvalue weighted by Gasteiger charge is -2.17. The number of hydrogen-bond donors (Lipinski definition) is 2. The summed E-state index contributed by atoms with van der Waals surface area (Å²) in [6.45, 7) is 6.44. The van der Waals surface area contributed by atoms with Gasteiger partial charge in [-0.25, -0.2) is 4.98 Å². The molecule has 1 aromatic rings. The Balaban J connectivity index is 2.67. The summed E-state index contributed by atoms with van der Waals surface area (Å²) in [7, 11) is 0. The number of halogens is 1. The molecule has 0 saturated carbocycles. The van der Waals surface area contributed by atoms with E-state index in [1.165, 1.54) is 6.20 Å². The fourth-order valence-corrected chi connectivity index (χ4v) is 1.63. The Labute approximate surface area is 95.3 Å². The molecule has 0 radical (unpaired) electrons. The number of hydrogen-bond acceptors (Lipinski definition) is 4. The molecule has 84 valence electrons. The highest BCUT2D eigenvalue weighted by molar-refractivity contribution is 6.32. The molecule has 0 fully saturated rings. The topological polar surface area (TPSA) is 63.8 Å². The molecule has 1 rings (SSSR count). The highest BCUT2D eigenvalue weighted by Gasteiger charge is 2.09. The number of rotatable bonds is 4. The molecular weight excluding hydrogens is 212 g/mol. The van der Waals surface area contributed by atoms with Gasteiger partial charge in [0, 0.05) is 6.04 Å². The molecule has 1 unspecified atom stereocenters. The number of nitrogens with one attached hydrogen (secondary N) is 1. The molecule has 0 aliphatic carbocycles. The quantitative estimate of drug-likeness (QED) is 0.832. The van der Waals surface area contributed by atoms with Crippen molar-refractivity contribution in [1.29, 1.82) is 0 Å². The molecule has 0 aliphatic rings. The second-order valence-corrected chi connectivity index (χ2v) is 4.51. The van der Waals surface area contributed by atoms with E-state index in [9.17, 15) is 0 Å². The number of nitrogens with two attached hydrogens (primary N) is 1. The Hall–Kier alpha value is -1.03. The lowest BCUT2D eigenvalue weighted by Crippen LogP contribution is -2.19. The predicted molar refractivity (Wildman–Crippen MR) is 64.0 cm³/mol. The van der Waals surface area contributed by atoms with Gasteiger partial charge in [-0.3, -0.25) is 0 Å². The molecule has 1 aromatic heterocycles. The standard InChI is InChI=1S/C10H17ClN4/c1-6(2)4-7(3)14-9-8(11)5-13-10(12)15-9/h5-7H,4H2,1-3H3,(H3,12,13,14,15). The van der Waals surface area contributed by atoms with Crippen LogP contribution in [0.2, 0.25) is 5.02 Å². The molecule has 0 spiro atoms. The largest absolute Gasteiger partial charge is 0.368 e. The van der Waals surface area contributed by atoms with E-state index < -0.39 is 0 Å². The van der Waals surface area contributed by atoms with E-state index in [4.69, 9.17) is 17.3 Å². The Morgan fingerprint density at radius 3 is 2.73 bits per heavy atom. The van der Waals surface area contributed by atoms with Crippen LogP contribution in [0.1, 0.15) is 27.2 Å². The van der Waals surface area contributed by atoms with E-state index in [2.05, 4.69) is 36.1 Å². The molecule has 0 aliphatic heterocycles. The Kier molecular flexibility index (Phi) is 4.15. The zero-order chi connectivity index (χ0) is 11.4. The van der Waals surface area contributed by atoms with Crippen LogP contribution in [0.3, 0.4) is 0 Å². The average molecular weight is 229 g/mol. The van der Waals surface area contributed by atoms with Gasteiger partial charge in [0.15, 0.2) is 5.82 Å². The van der Waals surface area contributed by atoms with Crippen LogP contribution in [-0.2, 0) is 0 Å². The Bertz CT molecular complexity index is 327. The maximum atomic E-state index is 5.93. The zero-order valence-electron chi connectivity index (χ0n) is 9.29. The van der Waals surface area contributed by atoms with Crippen molar-refractivity contribution in [3.8, 4) is 0 Å². The number of nitrogen functional groups attached to an aromatic ring is 1. The van der Waals surface area contributed by atoms with Crippen molar-refractivity contribution in [3.63, 3.8) is 0 Å². The highest BCUT2D eigenvalue weighted by atomic mass is 35.5. The van der Waals surface area contributed by atoms with Gasteiger partial charge >= 0.3 is 0 Å². The van der Waals surface area contributed by atoms with Gasteiger partial charge in [0.1, 0.15) is 5.02 Å². The zero-order valence-corrected chi connectivity index (χ0v) is 10.0. The smallest absolute Gasteiger partial charge is 0.222 e. The number of nitrogens with zero attached hydrogens (tertiary/aromatic N) is 2. The molecule has 0 saturated heterocycles. The maximum Gasteiger partial charge on any atom is 0.222 e. The number of aromatic nitrogens is 2. The van der Waals surface area contributed by atoms with Gasteiger partial charge in [0.25, 0.3) is 0 Å². The lowest BCUT2D eigenvalue weighted by atomic mass is 10.1. The maximum absolute atomic E-state index is 5.93. The minimum absolute atomic E-state index is 0.235. The van der Waals surface area contributed by atoms with Crippen LogP contribution in [-0.4, -0.2) is 16.0 Å². The van der Waals surface area contributed by atoms with Crippen molar-refractivity contribution >= 4 is 23.4 Å². The van der Waals surface area contributed by atoms with Crippen molar-refractivity contribution in [3.05, 3.63) is 11.2 Å². The van der Waals surface area contributed by atoms with E-state index in [1.807, 2.05) is 0 Å². The van der Waals surface area contributed by atoms with Crippen LogP contribution in [0.4, 0.5) is 11.8 Å². The van der Waals surface area contributed by atoms with Crippen molar-refractivity contribution in [2.24, 2.45) is 5.92 Å². The van der Waals surface area contributed by atoms with Crippen LogP contribution in [0.5, 0.6) is 0 Å². The van der Waals surface area contributed by atoms with E-state index in [1.54, 1.807) is 0 Å². The van der Waals surface area contributed by atoms with E-state index in [0.717, 1.165) is 6.42 Å². The molecule has 1 heterocycles. The third-order valence-corrected chi connectivity index (χ3v) is 2.25. The van der Waals surface area contributed by atoms with Gasteiger partial charge in [-0.1, -0.05) is 25.4 Å². The highest BCUT2D eigenvalue weighted by Crippen LogP contribution is 2.20. The van der Waals surface area contributed by atoms with Crippen LogP contribution < -0.4 is 11.1 Å². The Morgan fingerprint density at radius 1 is 1.47 bits per heavy atom. The molecular formula is C10H17ClN4. The van der Waals surface area contributed by atoms with Gasteiger partial charge in [-0.15, -0.1) is 0 Å². The van der Waals surface area contributed by atoms with E-state index in [-0.39, 0.29) is 5.95 Å². The van der Waals surface area contributed by atoms with Crippen molar-refractivity contribution < 1.29 is 0 Å². The molecule has 0 bridgehead atoms. The third kappa shape index (κ3) is 3.91. The minimum Gasteiger partial charge on any atom is -0.368 e. The summed E-state index contributed by atoms with van der Waals surface area (Å²) in [6, 6.07) is 0.316. The van der Waals surface area contributed by atoms with E-state index >= 15 is 0 Å². The minimum atomic E-state index is 0.235. The van der Waals surface area contributed by atoms with Gasteiger partial charge in [-0.05, 0) is 19.3 Å². The second-order valence-electron chi connectivity index (χ2n) is 4.10. The molecule has 0 aromatic carbocycles. The van der Waals surface area contributed by atoms with Gasteiger partial charge in [0.2, 0.25) is 5.95 Å². The fraction of sp³-hybridized carbons (Fsp3) is 0.600. The summed E-state index contributed by atoms with van der Waals surface area (Å²) in [5.41, 5.74) is 5.48.